The maximum absolute atomic E-state index is 13.4. The molecule has 4 heteroatoms. The number of benzene rings is 1. The molecule has 0 saturated carbocycles. The van der Waals surface area contributed by atoms with Crippen molar-refractivity contribution in [1.82, 2.24) is 10.2 Å². The van der Waals surface area contributed by atoms with Gasteiger partial charge in [-0.05, 0) is 11.6 Å². The Hall–Kier alpha value is -0.900. The van der Waals surface area contributed by atoms with Crippen molar-refractivity contribution in [2.45, 2.75) is 6.04 Å². The summed E-state index contributed by atoms with van der Waals surface area (Å²) in [6.07, 6.45) is 1.83. The van der Waals surface area contributed by atoms with E-state index < -0.39 is 0 Å². The minimum absolute atomic E-state index is 0.0136. The van der Waals surface area contributed by atoms with Gasteiger partial charge in [-0.3, -0.25) is 4.90 Å². The first-order chi connectivity index (χ1) is 8.24. The average molecular weight is 255 g/mol. The number of piperazine rings is 1. The van der Waals surface area contributed by atoms with Crippen LogP contribution in [0.4, 0.5) is 4.39 Å². The molecule has 1 N–H and O–H groups in total. The van der Waals surface area contributed by atoms with Crippen molar-refractivity contribution in [3.63, 3.8) is 0 Å². The summed E-state index contributed by atoms with van der Waals surface area (Å²) in [6, 6.07) is 4.92. The molecule has 0 unspecified atom stereocenters. The fourth-order valence-corrected chi connectivity index (χ4v) is 2.42. The van der Waals surface area contributed by atoms with E-state index in [0.717, 1.165) is 31.7 Å². The summed E-state index contributed by atoms with van der Waals surface area (Å²) in [5.74, 6) is -0.369. The van der Waals surface area contributed by atoms with Crippen LogP contribution >= 0.6 is 11.6 Å². The zero-order valence-electron chi connectivity index (χ0n) is 9.63. The number of hydrogen-bond donors (Lipinski definition) is 1. The van der Waals surface area contributed by atoms with Crippen LogP contribution in [-0.2, 0) is 0 Å². The third-order valence-electron chi connectivity index (χ3n) is 3.07. The van der Waals surface area contributed by atoms with Gasteiger partial charge in [0.2, 0.25) is 0 Å². The molecule has 0 aliphatic carbocycles. The second-order valence-electron chi connectivity index (χ2n) is 4.11. The Labute approximate surface area is 106 Å². The maximum Gasteiger partial charge on any atom is 0.142 e. The molecule has 1 saturated heterocycles. The Bertz CT molecular complexity index is 402. The minimum atomic E-state index is -0.369. The first-order valence-corrected chi connectivity index (χ1v) is 6.13. The van der Waals surface area contributed by atoms with Crippen molar-refractivity contribution in [1.29, 1.82) is 0 Å². The van der Waals surface area contributed by atoms with Gasteiger partial charge in [0.1, 0.15) is 5.82 Å². The summed E-state index contributed by atoms with van der Waals surface area (Å²) in [6.45, 7) is 7.56. The van der Waals surface area contributed by atoms with Crippen molar-refractivity contribution in [2.75, 3.05) is 26.2 Å². The normalized spacial score (nSPS) is 18.9. The Morgan fingerprint density at radius 1 is 1.41 bits per heavy atom. The lowest BCUT2D eigenvalue weighted by Gasteiger charge is -2.33. The summed E-state index contributed by atoms with van der Waals surface area (Å²) in [5, 5.41) is 3.49. The highest BCUT2D eigenvalue weighted by Crippen LogP contribution is 2.30. The number of halogens is 2. The van der Waals surface area contributed by atoms with Gasteiger partial charge in [-0.2, -0.15) is 0 Å². The van der Waals surface area contributed by atoms with Gasteiger partial charge in [-0.1, -0.05) is 29.8 Å². The van der Waals surface area contributed by atoms with Crippen LogP contribution < -0.4 is 5.32 Å². The molecule has 0 radical (unpaired) electrons. The standard InChI is InChI=1S/C13H16ClFN2/c1-2-12(17-8-6-16-7-9-17)10-4-3-5-11(15)13(10)14/h2-5,12,16H,1,6-9H2/t12-/m1/s1. The highest BCUT2D eigenvalue weighted by Gasteiger charge is 2.22. The molecule has 17 heavy (non-hydrogen) atoms. The van der Waals surface area contributed by atoms with Crippen LogP contribution in [0.3, 0.4) is 0 Å². The highest BCUT2D eigenvalue weighted by molar-refractivity contribution is 6.31. The highest BCUT2D eigenvalue weighted by atomic mass is 35.5. The molecule has 0 bridgehead atoms. The van der Waals surface area contributed by atoms with E-state index in [1.807, 2.05) is 12.1 Å². The average Bonchev–Trinajstić information content (AvgIpc) is 2.37. The van der Waals surface area contributed by atoms with Gasteiger partial charge in [-0.25, -0.2) is 4.39 Å². The van der Waals surface area contributed by atoms with Crippen LogP contribution in [0, 0.1) is 5.82 Å². The van der Waals surface area contributed by atoms with E-state index in [2.05, 4.69) is 16.8 Å². The van der Waals surface area contributed by atoms with E-state index >= 15 is 0 Å². The first-order valence-electron chi connectivity index (χ1n) is 5.75. The SMILES string of the molecule is C=C[C@H](c1cccc(F)c1Cl)N1CCNCC1. The van der Waals surface area contributed by atoms with E-state index in [4.69, 9.17) is 11.6 Å². The Balaban J connectivity index is 2.27. The molecule has 1 aliphatic rings. The smallest absolute Gasteiger partial charge is 0.142 e. The minimum Gasteiger partial charge on any atom is -0.314 e. The van der Waals surface area contributed by atoms with Crippen molar-refractivity contribution in [3.8, 4) is 0 Å². The first kappa shape index (κ1) is 12.6. The third-order valence-corrected chi connectivity index (χ3v) is 3.47. The monoisotopic (exact) mass is 254 g/mol. The molecule has 0 aromatic heterocycles. The molecule has 92 valence electrons. The molecule has 1 heterocycles. The van der Waals surface area contributed by atoms with Gasteiger partial charge in [-0.15, -0.1) is 6.58 Å². The molecule has 1 aliphatic heterocycles. The molecule has 1 aromatic carbocycles. The molecule has 1 fully saturated rings. The molecule has 2 rings (SSSR count). The Kier molecular flexibility index (Phi) is 4.15. The molecule has 2 nitrogen and oxygen atoms in total. The van der Waals surface area contributed by atoms with Crippen LogP contribution in [0.25, 0.3) is 0 Å². The molecule has 0 amide bonds. The summed E-state index contributed by atoms with van der Waals surface area (Å²) in [7, 11) is 0. The Morgan fingerprint density at radius 2 is 2.12 bits per heavy atom. The summed E-state index contributed by atoms with van der Waals surface area (Å²) < 4.78 is 13.4. The van der Waals surface area contributed by atoms with Crippen LogP contribution in [-0.4, -0.2) is 31.1 Å². The van der Waals surface area contributed by atoms with Crippen molar-refractivity contribution in [2.24, 2.45) is 0 Å². The zero-order valence-corrected chi connectivity index (χ0v) is 10.4. The van der Waals surface area contributed by atoms with Gasteiger partial charge in [0.15, 0.2) is 0 Å². The van der Waals surface area contributed by atoms with Gasteiger partial charge < -0.3 is 5.32 Å². The zero-order chi connectivity index (χ0) is 12.3. The molecule has 1 aromatic rings. The second-order valence-corrected chi connectivity index (χ2v) is 4.49. The molecular weight excluding hydrogens is 239 g/mol. The van der Waals surface area contributed by atoms with Crippen molar-refractivity contribution in [3.05, 3.63) is 47.3 Å². The van der Waals surface area contributed by atoms with E-state index in [0.29, 0.717) is 0 Å². The molecule has 0 spiro atoms. The summed E-state index contributed by atoms with van der Waals surface area (Å²) in [4.78, 5) is 2.25. The number of hydrogen-bond acceptors (Lipinski definition) is 2. The third kappa shape index (κ3) is 2.68. The number of nitrogens with one attached hydrogen (secondary N) is 1. The van der Waals surface area contributed by atoms with Crippen molar-refractivity contribution < 1.29 is 4.39 Å². The second kappa shape index (κ2) is 5.63. The lowest BCUT2D eigenvalue weighted by molar-refractivity contribution is 0.203. The van der Waals surface area contributed by atoms with E-state index in [1.54, 1.807) is 6.07 Å². The fourth-order valence-electron chi connectivity index (χ4n) is 2.18. The van der Waals surface area contributed by atoms with Gasteiger partial charge in [0.25, 0.3) is 0 Å². The predicted octanol–water partition coefficient (Wildman–Crippen LogP) is 2.61. The summed E-state index contributed by atoms with van der Waals surface area (Å²) >= 11 is 6.02. The van der Waals surface area contributed by atoms with Crippen molar-refractivity contribution >= 4 is 11.6 Å². The van der Waals surface area contributed by atoms with E-state index in [1.165, 1.54) is 6.07 Å². The van der Waals surface area contributed by atoms with E-state index in [9.17, 15) is 4.39 Å². The maximum atomic E-state index is 13.4. The largest absolute Gasteiger partial charge is 0.314 e. The molecular formula is C13H16ClFN2. The topological polar surface area (TPSA) is 15.3 Å². The molecule has 1 atom stereocenters. The van der Waals surface area contributed by atoms with Gasteiger partial charge in [0, 0.05) is 26.2 Å². The van der Waals surface area contributed by atoms with Gasteiger partial charge >= 0.3 is 0 Å². The Morgan fingerprint density at radius 3 is 2.76 bits per heavy atom. The fraction of sp³-hybridized carbons (Fsp3) is 0.385. The van der Waals surface area contributed by atoms with Crippen LogP contribution in [0.15, 0.2) is 30.9 Å². The quantitative estimate of drug-likeness (QED) is 0.835. The predicted molar refractivity (Wildman–Crippen MR) is 68.8 cm³/mol. The van der Waals surface area contributed by atoms with Gasteiger partial charge in [0.05, 0.1) is 11.1 Å². The summed E-state index contributed by atoms with van der Waals surface area (Å²) in [5.41, 5.74) is 0.795. The van der Waals surface area contributed by atoms with Crippen LogP contribution in [0.5, 0.6) is 0 Å². The lowest BCUT2D eigenvalue weighted by Crippen LogP contribution is -2.44. The number of rotatable bonds is 3. The lowest BCUT2D eigenvalue weighted by atomic mass is 10.0. The number of nitrogens with zero attached hydrogens (tertiary/aromatic N) is 1. The van der Waals surface area contributed by atoms with Crippen LogP contribution in [0.2, 0.25) is 5.02 Å². The van der Waals surface area contributed by atoms with Crippen LogP contribution in [0.1, 0.15) is 11.6 Å². The van der Waals surface area contributed by atoms with E-state index in [-0.39, 0.29) is 16.9 Å².